The molecule has 0 aromatic heterocycles. The molecule has 0 radical (unpaired) electrons. The van der Waals surface area contributed by atoms with Crippen LogP contribution < -0.4 is 0 Å². The highest BCUT2D eigenvalue weighted by atomic mass is 14.6. The third kappa shape index (κ3) is 1.56. The number of hydrogen-bond acceptors (Lipinski definition) is 0. The molecule has 0 aliphatic heterocycles. The van der Waals surface area contributed by atoms with Crippen LogP contribution in [0.2, 0.25) is 0 Å². The largest absolute Gasteiger partial charge is 0.0625 e. The minimum absolute atomic E-state index is 0.826. The van der Waals surface area contributed by atoms with Gasteiger partial charge < -0.3 is 0 Å². The van der Waals surface area contributed by atoms with Gasteiger partial charge in [0.05, 0.1) is 0 Å². The molecule has 4 aliphatic rings. The van der Waals surface area contributed by atoms with Crippen LogP contribution in [-0.4, -0.2) is 0 Å². The van der Waals surface area contributed by atoms with Crippen LogP contribution in [-0.2, 0) is 0 Å². The van der Waals surface area contributed by atoms with Crippen LogP contribution in [0.3, 0.4) is 0 Å². The minimum atomic E-state index is 0.826. The quantitative estimate of drug-likeness (QED) is 0.546. The summed E-state index contributed by atoms with van der Waals surface area (Å²) in [5.41, 5.74) is 0.826. The highest BCUT2D eigenvalue weighted by molar-refractivity contribution is 5.05. The molecule has 18 heavy (non-hydrogen) atoms. The lowest BCUT2D eigenvalue weighted by Crippen LogP contribution is -2.32. The average molecular weight is 246 g/mol. The number of rotatable bonds is 0. The van der Waals surface area contributed by atoms with Crippen LogP contribution in [0, 0.1) is 40.9 Å². The van der Waals surface area contributed by atoms with Gasteiger partial charge in [-0.3, -0.25) is 0 Å². The Kier molecular flexibility index (Phi) is 2.62. The van der Waals surface area contributed by atoms with Crippen LogP contribution >= 0.6 is 0 Å². The summed E-state index contributed by atoms with van der Waals surface area (Å²) in [5.74, 6) is 6.59. The Hall–Kier alpha value is 0. The number of fused-ring (bicyclic) bond motifs is 3. The molecule has 0 heterocycles. The van der Waals surface area contributed by atoms with E-state index in [2.05, 4.69) is 13.8 Å². The highest BCUT2D eigenvalue weighted by Crippen LogP contribution is 2.65. The van der Waals surface area contributed by atoms with E-state index in [0.717, 1.165) is 40.9 Å². The van der Waals surface area contributed by atoms with E-state index < -0.39 is 0 Å². The van der Waals surface area contributed by atoms with Gasteiger partial charge in [-0.2, -0.15) is 0 Å². The fourth-order valence-electron chi connectivity index (χ4n) is 7.03. The van der Waals surface area contributed by atoms with Crippen molar-refractivity contribution in [2.75, 3.05) is 0 Å². The summed E-state index contributed by atoms with van der Waals surface area (Å²) < 4.78 is 0. The van der Waals surface area contributed by atoms with Gasteiger partial charge in [0.15, 0.2) is 0 Å². The molecule has 0 nitrogen and oxygen atoms in total. The molecule has 0 saturated heterocycles. The smallest absolute Gasteiger partial charge is 0.0264 e. The molecule has 4 aliphatic carbocycles. The molecule has 4 rings (SSSR count). The van der Waals surface area contributed by atoms with Crippen molar-refractivity contribution in [1.82, 2.24) is 0 Å². The summed E-state index contributed by atoms with van der Waals surface area (Å²) in [7, 11) is 0. The molecule has 0 heteroatoms. The topological polar surface area (TPSA) is 0 Å². The van der Waals surface area contributed by atoms with Crippen LogP contribution in [0.1, 0.15) is 71.6 Å². The van der Waals surface area contributed by atoms with Crippen LogP contribution in [0.15, 0.2) is 0 Å². The van der Waals surface area contributed by atoms with Gasteiger partial charge in [-0.25, -0.2) is 0 Å². The van der Waals surface area contributed by atoms with Crippen molar-refractivity contribution < 1.29 is 0 Å². The molecule has 0 amide bonds. The SMILES string of the molecule is CC1CCC2CC3CC2(CCC2CCC(C)C23)C1. The lowest BCUT2D eigenvalue weighted by atomic mass is 9.62. The molecule has 0 N–H and O–H groups in total. The summed E-state index contributed by atoms with van der Waals surface area (Å²) in [4.78, 5) is 0. The van der Waals surface area contributed by atoms with E-state index in [4.69, 9.17) is 0 Å². The summed E-state index contributed by atoms with van der Waals surface area (Å²) in [6, 6.07) is 0. The molecular formula is C18H30. The minimum Gasteiger partial charge on any atom is -0.0625 e. The summed E-state index contributed by atoms with van der Waals surface area (Å²) >= 11 is 0. The van der Waals surface area contributed by atoms with Gasteiger partial charge in [0.1, 0.15) is 0 Å². The van der Waals surface area contributed by atoms with E-state index in [1.807, 2.05) is 0 Å². The standard InChI is InChI=1S/C18H30/c1-12-3-6-16-9-15-11-18(16,10-12)8-7-14-5-4-13(2)17(14)15/h12-17H,3-11H2,1-2H3. The summed E-state index contributed by atoms with van der Waals surface area (Å²) in [5, 5.41) is 0. The van der Waals surface area contributed by atoms with E-state index in [-0.39, 0.29) is 0 Å². The molecule has 2 bridgehead atoms. The third-order valence-corrected chi connectivity index (χ3v) is 7.64. The zero-order valence-electron chi connectivity index (χ0n) is 12.3. The Morgan fingerprint density at radius 3 is 2.61 bits per heavy atom. The zero-order valence-corrected chi connectivity index (χ0v) is 12.3. The Morgan fingerprint density at radius 1 is 0.833 bits per heavy atom. The summed E-state index contributed by atoms with van der Waals surface area (Å²) in [6.45, 7) is 5.08. The first-order valence-corrected chi connectivity index (χ1v) is 8.68. The summed E-state index contributed by atoms with van der Waals surface area (Å²) in [6.07, 6.45) is 14.2. The Labute approximate surface area is 113 Å². The molecule has 0 aromatic rings. The Morgan fingerprint density at radius 2 is 1.72 bits per heavy atom. The van der Waals surface area contributed by atoms with Crippen LogP contribution in [0.4, 0.5) is 0 Å². The molecule has 4 saturated carbocycles. The van der Waals surface area contributed by atoms with Gasteiger partial charge in [0.2, 0.25) is 0 Å². The predicted molar refractivity (Wildman–Crippen MR) is 76.3 cm³/mol. The molecule has 4 fully saturated rings. The van der Waals surface area contributed by atoms with Gasteiger partial charge >= 0.3 is 0 Å². The first-order chi connectivity index (χ1) is 8.68. The van der Waals surface area contributed by atoms with Gasteiger partial charge in [0.25, 0.3) is 0 Å². The zero-order chi connectivity index (χ0) is 12.3. The molecular weight excluding hydrogens is 216 g/mol. The van der Waals surface area contributed by atoms with Crippen molar-refractivity contribution in [2.45, 2.75) is 71.6 Å². The van der Waals surface area contributed by atoms with E-state index >= 15 is 0 Å². The Balaban J connectivity index is 1.64. The normalized spacial score (nSPS) is 59.0. The van der Waals surface area contributed by atoms with Crippen molar-refractivity contribution in [3.8, 4) is 0 Å². The van der Waals surface area contributed by atoms with E-state index in [0.29, 0.717) is 0 Å². The maximum absolute atomic E-state index is 2.56. The number of hydrogen-bond donors (Lipinski definition) is 0. The first kappa shape index (κ1) is 11.8. The third-order valence-electron chi connectivity index (χ3n) is 7.64. The van der Waals surface area contributed by atoms with Crippen molar-refractivity contribution in [2.24, 2.45) is 40.9 Å². The first-order valence-electron chi connectivity index (χ1n) is 8.68. The second-order valence-electron chi connectivity index (χ2n) is 8.58. The van der Waals surface area contributed by atoms with Gasteiger partial charge in [-0.1, -0.05) is 26.7 Å². The predicted octanol–water partition coefficient (Wildman–Crippen LogP) is 5.28. The van der Waals surface area contributed by atoms with Gasteiger partial charge in [-0.05, 0) is 85.9 Å². The van der Waals surface area contributed by atoms with E-state index in [9.17, 15) is 0 Å². The fraction of sp³-hybridized carbons (Fsp3) is 1.00. The van der Waals surface area contributed by atoms with E-state index in [1.54, 1.807) is 51.4 Å². The molecule has 1 spiro atoms. The van der Waals surface area contributed by atoms with Crippen molar-refractivity contribution >= 4 is 0 Å². The highest BCUT2D eigenvalue weighted by Gasteiger charge is 2.55. The van der Waals surface area contributed by atoms with Gasteiger partial charge in [0, 0.05) is 0 Å². The molecule has 7 unspecified atom stereocenters. The van der Waals surface area contributed by atoms with Crippen LogP contribution in [0.5, 0.6) is 0 Å². The van der Waals surface area contributed by atoms with Crippen molar-refractivity contribution in [1.29, 1.82) is 0 Å². The maximum atomic E-state index is 2.56. The second-order valence-corrected chi connectivity index (χ2v) is 8.58. The van der Waals surface area contributed by atoms with Crippen molar-refractivity contribution in [3.63, 3.8) is 0 Å². The van der Waals surface area contributed by atoms with Gasteiger partial charge in [-0.15, -0.1) is 0 Å². The monoisotopic (exact) mass is 246 g/mol. The lowest BCUT2D eigenvalue weighted by Gasteiger charge is -2.43. The molecule has 102 valence electrons. The average Bonchev–Trinajstić information content (AvgIpc) is 2.81. The maximum Gasteiger partial charge on any atom is -0.0264 e. The molecule has 7 atom stereocenters. The lowest BCUT2D eigenvalue weighted by molar-refractivity contribution is 0.0760. The fourth-order valence-corrected chi connectivity index (χ4v) is 7.03. The molecule has 0 aromatic carbocycles. The Bertz CT molecular complexity index is 333. The van der Waals surface area contributed by atoms with E-state index in [1.165, 1.54) is 6.42 Å². The second kappa shape index (κ2) is 4.00. The van der Waals surface area contributed by atoms with Crippen molar-refractivity contribution in [3.05, 3.63) is 0 Å². The van der Waals surface area contributed by atoms with Crippen LogP contribution in [0.25, 0.3) is 0 Å².